The number of aromatic hydroxyl groups is 2. The summed E-state index contributed by atoms with van der Waals surface area (Å²) >= 11 is 18.8. The van der Waals surface area contributed by atoms with Crippen LogP contribution in [0.2, 0.25) is 10.0 Å². The zero-order valence-electron chi connectivity index (χ0n) is 20.5. The van der Waals surface area contributed by atoms with Crippen molar-refractivity contribution in [1.29, 1.82) is 0 Å². The van der Waals surface area contributed by atoms with Crippen LogP contribution in [-0.2, 0) is 6.42 Å². The van der Waals surface area contributed by atoms with Crippen molar-refractivity contribution in [3.8, 4) is 22.8 Å². The molecule has 6 rings (SSSR count). The number of phenols is 2. The van der Waals surface area contributed by atoms with Crippen LogP contribution in [0.25, 0.3) is 22.2 Å². The number of hydrogen-bond acceptors (Lipinski definition) is 3. The second-order valence-electron chi connectivity index (χ2n) is 9.39. The Morgan fingerprint density at radius 2 is 1.45 bits per heavy atom. The predicted molar refractivity (Wildman–Crippen MR) is 165 cm³/mol. The van der Waals surface area contributed by atoms with Gasteiger partial charge in [-0.3, -0.25) is 0 Å². The van der Waals surface area contributed by atoms with Gasteiger partial charge < -0.3 is 20.5 Å². The van der Waals surface area contributed by atoms with Crippen LogP contribution in [0.4, 0.5) is 5.69 Å². The highest BCUT2D eigenvalue weighted by Crippen LogP contribution is 2.41. The average molecular weight is 675 g/mol. The Hall–Kier alpha value is -2.64. The molecule has 0 saturated carbocycles. The SMILES string of the molecule is Cc1cc(Br)cc(O)c1-c1cc2cc(Cl)ccc2[nH]1.Cc1cc(Br)cc(O)c1C1Cc2cc(Cl)ccc2N1. The summed E-state index contributed by atoms with van der Waals surface area (Å²) in [6.07, 6.45) is 0.839. The number of aromatic amines is 1. The molecule has 0 radical (unpaired) electrons. The van der Waals surface area contributed by atoms with Gasteiger partial charge in [0.25, 0.3) is 0 Å². The van der Waals surface area contributed by atoms with E-state index in [1.54, 1.807) is 12.1 Å². The minimum absolute atomic E-state index is 0.0987. The Bertz CT molecular complexity index is 1640. The number of rotatable bonds is 2. The second kappa shape index (κ2) is 10.9. The summed E-state index contributed by atoms with van der Waals surface area (Å²) in [4.78, 5) is 3.31. The van der Waals surface area contributed by atoms with E-state index in [-0.39, 0.29) is 11.8 Å². The van der Waals surface area contributed by atoms with Gasteiger partial charge in [-0.1, -0.05) is 55.1 Å². The standard InChI is InChI=1S/C15H13BrClNO.C15H11BrClNO/c2*1-8-4-10(16)7-14(19)15(8)13-6-9-5-11(17)2-3-12(9)18-13/h2-5,7,13,18-19H,6H2,1H3;2-7,18-19H,1H3. The van der Waals surface area contributed by atoms with Crippen molar-refractivity contribution in [3.63, 3.8) is 0 Å². The summed E-state index contributed by atoms with van der Waals surface area (Å²) in [6.45, 7) is 3.98. The Kier molecular flexibility index (Phi) is 7.70. The number of fused-ring (bicyclic) bond motifs is 2. The van der Waals surface area contributed by atoms with E-state index in [0.29, 0.717) is 10.8 Å². The molecule has 1 aliphatic heterocycles. The van der Waals surface area contributed by atoms with Gasteiger partial charge in [0.05, 0.1) is 11.7 Å². The monoisotopic (exact) mass is 672 g/mol. The molecule has 4 N–H and O–H groups in total. The van der Waals surface area contributed by atoms with Crippen LogP contribution < -0.4 is 5.32 Å². The van der Waals surface area contributed by atoms with E-state index in [4.69, 9.17) is 23.2 Å². The Labute approximate surface area is 247 Å². The molecule has 2 heterocycles. The number of benzene rings is 4. The number of anilines is 1. The van der Waals surface area contributed by atoms with Gasteiger partial charge in [-0.2, -0.15) is 0 Å². The molecule has 0 bridgehead atoms. The minimum atomic E-state index is 0.0987. The number of nitrogens with one attached hydrogen (secondary N) is 2. The van der Waals surface area contributed by atoms with Gasteiger partial charge in [0.2, 0.25) is 0 Å². The summed E-state index contributed by atoms with van der Waals surface area (Å²) in [6, 6.07) is 21.1. The van der Waals surface area contributed by atoms with Crippen molar-refractivity contribution in [2.45, 2.75) is 26.3 Å². The number of aromatic nitrogens is 1. The van der Waals surface area contributed by atoms with E-state index in [1.807, 2.05) is 68.4 Å². The van der Waals surface area contributed by atoms with E-state index < -0.39 is 0 Å². The summed E-state index contributed by atoms with van der Waals surface area (Å²) < 4.78 is 1.76. The number of halogens is 4. The summed E-state index contributed by atoms with van der Waals surface area (Å²) in [5.74, 6) is 0.577. The molecule has 1 aromatic heterocycles. The lowest BCUT2D eigenvalue weighted by Crippen LogP contribution is -2.08. The third-order valence-corrected chi connectivity index (χ3v) is 8.02. The fourth-order valence-electron chi connectivity index (χ4n) is 5.01. The zero-order valence-corrected chi connectivity index (χ0v) is 25.2. The maximum absolute atomic E-state index is 10.2. The molecule has 194 valence electrons. The van der Waals surface area contributed by atoms with Crippen molar-refractivity contribution in [2.24, 2.45) is 0 Å². The van der Waals surface area contributed by atoms with Gasteiger partial charge in [-0.05, 0) is 104 Å². The lowest BCUT2D eigenvalue weighted by molar-refractivity contribution is 0.463. The van der Waals surface area contributed by atoms with Crippen molar-refractivity contribution in [2.75, 3.05) is 5.32 Å². The van der Waals surface area contributed by atoms with Crippen molar-refractivity contribution < 1.29 is 10.2 Å². The fraction of sp³-hybridized carbons (Fsp3) is 0.133. The number of H-pyrrole nitrogens is 1. The largest absolute Gasteiger partial charge is 0.508 e. The predicted octanol–water partition coefficient (Wildman–Crippen LogP) is 10.1. The van der Waals surface area contributed by atoms with Crippen LogP contribution in [0.3, 0.4) is 0 Å². The number of aryl methyl sites for hydroxylation is 2. The summed E-state index contributed by atoms with van der Waals surface area (Å²) in [7, 11) is 0. The first-order chi connectivity index (χ1) is 18.1. The Morgan fingerprint density at radius 3 is 2.16 bits per heavy atom. The van der Waals surface area contributed by atoms with Gasteiger partial charge in [0.1, 0.15) is 11.5 Å². The van der Waals surface area contributed by atoms with Crippen LogP contribution in [0, 0.1) is 13.8 Å². The summed E-state index contributed by atoms with van der Waals surface area (Å²) in [5.41, 5.74) is 8.02. The maximum atomic E-state index is 10.2. The van der Waals surface area contributed by atoms with E-state index in [1.165, 1.54) is 5.56 Å². The first-order valence-electron chi connectivity index (χ1n) is 11.9. The van der Waals surface area contributed by atoms with E-state index in [2.05, 4.69) is 42.2 Å². The summed E-state index contributed by atoms with van der Waals surface area (Å²) in [5, 5.41) is 26.2. The van der Waals surface area contributed by atoms with Crippen molar-refractivity contribution >= 4 is 71.7 Å². The molecule has 8 heteroatoms. The van der Waals surface area contributed by atoms with Gasteiger partial charge >= 0.3 is 0 Å². The molecular weight excluding hydrogens is 651 g/mol. The molecule has 1 unspecified atom stereocenters. The van der Waals surface area contributed by atoms with Crippen LogP contribution >= 0.6 is 55.1 Å². The molecule has 5 aromatic rings. The molecule has 0 saturated heterocycles. The molecular formula is C30H24Br2Cl2N2O2. The normalized spacial score (nSPS) is 14.1. The Balaban J connectivity index is 0.000000155. The van der Waals surface area contributed by atoms with Crippen molar-refractivity contribution in [3.05, 3.63) is 108 Å². The second-order valence-corrected chi connectivity index (χ2v) is 12.1. The molecule has 38 heavy (non-hydrogen) atoms. The quantitative estimate of drug-likeness (QED) is 0.151. The molecule has 4 nitrogen and oxygen atoms in total. The minimum Gasteiger partial charge on any atom is -0.508 e. The lowest BCUT2D eigenvalue weighted by atomic mass is 9.97. The lowest BCUT2D eigenvalue weighted by Gasteiger charge is -2.16. The van der Waals surface area contributed by atoms with Gasteiger partial charge in [0, 0.05) is 46.7 Å². The third-order valence-electron chi connectivity index (χ3n) is 6.63. The molecule has 0 spiro atoms. The van der Waals surface area contributed by atoms with Crippen LogP contribution in [0.1, 0.15) is 28.3 Å². The Morgan fingerprint density at radius 1 is 0.789 bits per heavy atom. The smallest absolute Gasteiger partial charge is 0.126 e. The molecule has 1 atom stereocenters. The molecule has 0 aliphatic carbocycles. The highest BCUT2D eigenvalue weighted by atomic mass is 79.9. The maximum Gasteiger partial charge on any atom is 0.126 e. The van der Waals surface area contributed by atoms with Gasteiger partial charge in [0.15, 0.2) is 0 Å². The van der Waals surface area contributed by atoms with Crippen molar-refractivity contribution in [1.82, 2.24) is 4.98 Å². The highest BCUT2D eigenvalue weighted by Gasteiger charge is 2.26. The highest BCUT2D eigenvalue weighted by molar-refractivity contribution is 9.10. The van der Waals surface area contributed by atoms with Crippen LogP contribution in [0.5, 0.6) is 11.5 Å². The number of phenolic OH excluding ortho intramolecular Hbond substituents is 2. The average Bonchev–Trinajstić information content (AvgIpc) is 3.41. The number of hydrogen-bond donors (Lipinski definition) is 4. The van der Waals surface area contributed by atoms with E-state index in [0.717, 1.165) is 64.9 Å². The fourth-order valence-corrected chi connectivity index (χ4v) is 6.50. The zero-order chi connectivity index (χ0) is 27.1. The van der Waals surface area contributed by atoms with Gasteiger partial charge in [-0.25, -0.2) is 0 Å². The van der Waals surface area contributed by atoms with E-state index >= 15 is 0 Å². The van der Waals surface area contributed by atoms with E-state index in [9.17, 15) is 10.2 Å². The molecule has 0 amide bonds. The topological polar surface area (TPSA) is 68.3 Å². The van der Waals surface area contributed by atoms with Crippen LogP contribution in [-0.4, -0.2) is 15.2 Å². The third kappa shape index (κ3) is 5.55. The molecule has 4 aromatic carbocycles. The molecule has 0 fully saturated rings. The first kappa shape index (κ1) is 26.9. The van der Waals surface area contributed by atoms with Gasteiger partial charge in [-0.15, -0.1) is 0 Å². The van der Waals surface area contributed by atoms with Crippen LogP contribution in [0.15, 0.2) is 75.7 Å². The molecule has 1 aliphatic rings. The first-order valence-corrected chi connectivity index (χ1v) is 14.2.